The van der Waals surface area contributed by atoms with Crippen LogP contribution in [0.1, 0.15) is 69.2 Å². The fraction of sp³-hybridized carbons (Fsp3) is 0.345. The van der Waals surface area contributed by atoms with Crippen LogP contribution in [0.3, 0.4) is 0 Å². The molecule has 2 aliphatic rings. The molecule has 0 radical (unpaired) electrons. The molecule has 3 N–H and O–H groups in total. The number of nitrogens with zero attached hydrogens (tertiary/aromatic N) is 5. The molecule has 0 bridgehead atoms. The molecular formula is C29H27F3N6O5S. The number of hydrogen-bond donors (Lipinski definition) is 2. The number of aromatic nitrogens is 4. The molecule has 15 heteroatoms. The van der Waals surface area contributed by atoms with Crippen LogP contribution in [0, 0.1) is 13.8 Å². The molecule has 2 unspecified atom stereocenters. The van der Waals surface area contributed by atoms with Crippen LogP contribution < -0.4 is 10.5 Å². The van der Waals surface area contributed by atoms with Crippen LogP contribution in [-0.2, 0) is 28.5 Å². The molecular weight excluding hydrogens is 601 g/mol. The maximum atomic E-state index is 13.9. The van der Waals surface area contributed by atoms with Crippen LogP contribution in [0.2, 0.25) is 0 Å². The Bertz CT molecular complexity index is 1860. The highest BCUT2D eigenvalue weighted by Crippen LogP contribution is 2.45. The number of carboxylic acids is 1. The van der Waals surface area contributed by atoms with Gasteiger partial charge in [-0.25, -0.2) is 13.5 Å². The highest BCUT2D eigenvalue weighted by molar-refractivity contribution is 7.82. The Labute approximate surface area is 251 Å². The summed E-state index contributed by atoms with van der Waals surface area (Å²) < 4.78 is 62.9. The van der Waals surface area contributed by atoms with Gasteiger partial charge in [0.25, 0.3) is 0 Å². The van der Waals surface area contributed by atoms with Crippen molar-refractivity contribution in [1.82, 2.24) is 23.9 Å². The predicted molar refractivity (Wildman–Crippen MR) is 150 cm³/mol. The lowest BCUT2D eigenvalue weighted by molar-refractivity contribution is -0.145. The Kier molecular flexibility index (Phi) is 7.19. The zero-order valence-electron chi connectivity index (χ0n) is 23.6. The second kappa shape index (κ2) is 10.7. The lowest BCUT2D eigenvalue weighted by Crippen LogP contribution is -2.35. The topological polar surface area (TPSA) is 153 Å². The van der Waals surface area contributed by atoms with Crippen molar-refractivity contribution in [3.8, 4) is 5.88 Å². The summed E-state index contributed by atoms with van der Waals surface area (Å²) in [4.78, 5) is 28.3. The lowest BCUT2D eigenvalue weighted by atomic mass is 9.85. The highest BCUT2D eigenvalue weighted by Gasteiger charge is 2.51. The van der Waals surface area contributed by atoms with Gasteiger partial charge in [-0.1, -0.05) is 18.2 Å². The van der Waals surface area contributed by atoms with Gasteiger partial charge in [0.15, 0.2) is 5.65 Å². The van der Waals surface area contributed by atoms with E-state index in [1.165, 1.54) is 24.5 Å². The molecule has 0 saturated heterocycles. The summed E-state index contributed by atoms with van der Waals surface area (Å²) >= 11 is 0. The number of pyridine rings is 2. The number of ether oxygens (including phenoxy) is 1. The number of primary amides is 1. The van der Waals surface area contributed by atoms with Crippen molar-refractivity contribution >= 4 is 28.5 Å². The van der Waals surface area contributed by atoms with Crippen molar-refractivity contribution in [2.75, 3.05) is 6.54 Å². The third kappa shape index (κ3) is 5.41. The first kappa shape index (κ1) is 29.7. The third-order valence-electron chi connectivity index (χ3n) is 8.11. The number of alkyl halides is 3. The molecule has 4 aromatic rings. The summed E-state index contributed by atoms with van der Waals surface area (Å²) in [6, 6.07) is 8.34. The average Bonchev–Trinajstić information content (AvgIpc) is 3.57. The van der Waals surface area contributed by atoms with Gasteiger partial charge < -0.3 is 15.6 Å². The van der Waals surface area contributed by atoms with Crippen LogP contribution >= 0.6 is 0 Å². The smallest absolute Gasteiger partial charge is 0.452 e. The number of amides is 1. The van der Waals surface area contributed by atoms with E-state index in [9.17, 15) is 32.1 Å². The average molecular weight is 629 g/mol. The van der Waals surface area contributed by atoms with Gasteiger partial charge in [-0.2, -0.15) is 13.2 Å². The molecule has 6 rings (SSSR count). The molecule has 3 aromatic heterocycles. The summed E-state index contributed by atoms with van der Waals surface area (Å²) in [5.41, 5.74) is 8.06. The van der Waals surface area contributed by atoms with E-state index in [0.29, 0.717) is 23.2 Å². The first-order valence-electron chi connectivity index (χ1n) is 13.6. The van der Waals surface area contributed by atoms with Gasteiger partial charge in [-0.05, 0) is 66.6 Å². The molecule has 1 aliphatic heterocycles. The van der Waals surface area contributed by atoms with Gasteiger partial charge in [-0.15, -0.1) is 10.2 Å². The minimum atomic E-state index is -4.71. The fourth-order valence-corrected chi connectivity index (χ4v) is 6.92. The summed E-state index contributed by atoms with van der Waals surface area (Å²) in [5.74, 6) is -3.51. The molecule has 230 valence electrons. The maximum absolute atomic E-state index is 13.9. The van der Waals surface area contributed by atoms with E-state index in [4.69, 9.17) is 10.5 Å². The Morgan fingerprint density at radius 2 is 1.93 bits per heavy atom. The zero-order valence-corrected chi connectivity index (χ0v) is 24.4. The highest BCUT2D eigenvalue weighted by atomic mass is 32.2. The number of nitrogens with two attached hydrogens (primary N) is 1. The van der Waals surface area contributed by atoms with Gasteiger partial charge in [0, 0.05) is 24.9 Å². The monoisotopic (exact) mass is 628 g/mol. The van der Waals surface area contributed by atoms with E-state index in [0.717, 1.165) is 28.4 Å². The van der Waals surface area contributed by atoms with E-state index < -0.39 is 46.4 Å². The van der Waals surface area contributed by atoms with Crippen LogP contribution in [0.4, 0.5) is 13.2 Å². The van der Waals surface area contributed by atoms with Gasteiger partial charge in [0.1, 0.15) is 21.5 Å². The number of aryl methyl sites for hydroxylation is 2. The quantitative estimate of drug-likeness (QED) is 0.313. The van der Waals surface area contributed by atoms with Crippen molar-refractivity contribution in [3.63, 3.8) is 0 Å². The largest absolute Gasteiger partial charge is 0.481 e. The van der Waals surface area contributed by atoms with Crippen molar-refractivity contribution in [2.45, 2.75) is 62.2 Å². The lowest BCUT2D eigenvalue weighted by Gasteiger charge is -2.24. The Morgan fingerprint density at radius 3 is 2.59 bits per heavy atom. The number of benzene rings is 1. The molecule has 1 aliphatic carbocycles. The van der Waals surface area contributed by atoms with Crippen LogP contribution in [0.25, 0.3) is 5.65 Å². The normalized spacial score (nSPS) is 18.4. The molecule has 11 nitrogen and oxygen atoms in total. The van der Waals surface area contributed by atoms with Crippen molar-refractivity contribution in [2.24, 2.45) is 5.73 Å². The first-order chi connectivity index (χ1) is 20.8. The molecule has 2 atom stereocenters. The van der Waals surface area contributed by atoms with E-state index in [2.05, 4.69) is 15.2 Å². The predicted octanol–water partition coefficient (Wildman–Crippen LogP) is 3.92. The van der Waals surface area contributed by atoms with E-state index in [1.807, 2.05) is 19.1 Å². The van der Waals surface area contributed by atoms with E-state index in [1.54, 1.807) is 17.3 Å². The first-order valence-corrected chi connectivity index (χ1v) is 14.8. The number of carbonyl (C=O) groups is 2. The summed E-state index contributed by atoms with van der Waals surface area (Å²) in [6.07, 6.45) is -1.08. The van der Waals surface area contributed by atoms with E-state index >= 15 is 0 Å². The second-order valence-electron chi connectivity index (χ2n) is 11.2. The Hall–Kier alpha value is -4.37. The SMILES string of the molecule is Cc1ccc(C(CC(=O)O)c2ccn3c(C(F)(F)F)nnc3c2C)cc1CN1CC2(CC2)Oc2ncc(C(N)=O)cc2S1=O. The number of rotatable bonds is 7. The van der Waals surface area contributed by atoms with Gasteiger partial charge in [-0.3, -0.25) is 14.0 Å². The molecule has 1 fully saturated rings. The van der Waals surface area contributed by atoms with Crippen LogP contribution in [0.15, 0.2) is 47.6 Å². The Morgan fingerprint density at radius 1 is 1.18 bits per heavy atom. The van der Waals surface area contributed by atoms with Gasteiger partial charge >= 0.3 is 12.1 Å². The van der Waals surface area contributed by atoms with Gasteiger partial charge in [0.2, 0.25) is 17.6 Å². The molecule has 1 amide bonds. The second-order valence-corrected chi connectivity index (χ2v) is 12.6. The number of carbonyl (C=O) groups excluding carboxylic acids is 1. The molecule has 44 heavy (non-hydrogen) atoms. The van der Waals surface area contributed by atoms with Crippen molar-refractivity contribution in [3.05, 3.63) is 81.9 Å². The fourth-order valence-electron chi connectivity index (χ4n) is 5.56. The van der Waals surface area contributed by atoms with Crippen LogP contribution in [0.5, 0.6) is 5.88 Å². The summed E-state index contributed by atoms with van der Waals surface area (Å²) in [6.45, 7) is 4.00. The number of carboxylic acid groups (broad SMARTS) is 1. The molecule has 1 spiro atoms. The standard InChI is InChI=1S/C29H27F3N6O5S/c1-15-3-4-17(21(11-23(39)40)20-5-8-38-25(16(20)2)35-36-27(38)29(30,31)32)9-19(15)13-37-14-28(6-7-28)43-26-22(44(37)42)10-18(12-34-26)24(33)41/h3-5,8-10,12,21H,6-7,11,13-14H2,1-2H3,(H2,33,41)(H,39,40). The summed E-state index contributed by atoms with van der Waals surface area (Å²) in [5, 5.41) is 16.9. The summed E-state index contributed by atoms with van der Waals surface area (Å²) in [7, 11) is -1.77. The number of hydrogen-bond acceptors (Lipinski definition) is 7. The third-order valence-corrected chi connectivity index (χ3v) is 9.50. The maximum Gasteiger partial charge on any atom is 0.452 e. The van der Waals surface area contributed by atoms with Gasteiger partial charge in [0.05, 0.1) is 18.5 Å². The van der Waals surface area contributed by atoms with Crippen molar-refractivity contribution in [1.29, 1.82) is 0 Å². The molecule has 1 aromatic carbocycles. The van der Waals surface area contributed by atoms with Crippen LogP contribution in [-0.4, -0.2) is 57.2 Å². The minimum absolute atomic E-state index is 0.0187. The molecule has 4 heterocycles. The zero-order chi connectivity index (χ0) is 31.6. The number of aliphatic carboxylic acids is 1. The Balaban J connectivity index is 1.38. The van der Waals surface area contributed by atoms with Crippen molar-refractivity contribution < 1.29 is 36.8 Å². The van der Waals surface area contributed by atoms with E-state index in [-0.39, 0.29) is 35.0 Å². The molecule has 1 saturated carbocycles. The minimum Gasteiger partial charge on any atom is -0.481 e. The number of fused-ring (bicyclic) bond motifs is 2. The number of halogens is 3.